The van der Waals surface area contributed by atoms with Crippen molar-refractivity contribution in [2.24, 2.45) is 13.0 Å². The lowest BCUT2D eigenvalue weighted by Gasteiger charge is -2.44. The summed E-state index contributed by atoms with van der Waals surface area (Å²) in [6.45, 7) is 6.62. The number of aromatic nitrogens is 2. The van der Waals surface area contributed by atoms with E-state index in [9.17, 15) is 22.4 Å². The molecular weight excluding hydrogens is 581 g/mol. The Morgan fingerprint density at radius 3 is 2.48 bits per heavy atom. The second-order valence-electron chi connectivity index (χ2n) is 12.7. The third-order valence-electron chi connectivity index (χ3n) is 9.35. The van der Waals surface area contributed by atoms with Gasteiger partial charge in [-0.25, -0.2) is 9.37 Å². The van der Waals surface area contributed by atoms with Crippen LogP contribution in [0.1, 0.15) is 58.5 Å². The lowest BCUT2D eigenvalue weighted by molar-refractivity contribution is -0.138. The molecule has 2 fully saturated rings. The van der Waals surface area contributed by atoms with E-state index < -0.39 is 35.2 Å². The number of anilines is 1. The van der Waals surface area contributed by atoms with Crippen molar-refractivity contribution in [3.05, 3.63) is 82.2 Å². The summed E-state index contributed by atoms with van der Waals surface area (Å²) < 4.78 is 79.7. The summed E-state index contributed by atoms with van der Waals surface area (Å²) in [5, 5.41) is 0. The standard InChI is InChI=1S/C32H36F5N5O2/c1-19(2)26-15-39(3)8-9-41(26)13-20-10-23-24(25(11-20)32(35,36)37)14-42(30(23)43)22-7-5-6-21(12-22)31(17-44-18-31)28(34)29-38-27(33)16-40(29)4/h5-7,10-12,16,19,26,28H,8-9,13-15,17-18H2,1-4H3. The van der Waals surface area contributed by atoms with Crippen LogP contribution in [-0.2, 0) is 36.5 Å². The summed E-state index contributed by atoms with van der Waals surface area (Å²) in [6, 6.07) is 9.52. The Hall–Kier alpha value is -3.35. The minimum absolute atomic E-state index is 0.00547. The van der Waals surface area contributed by atoms with E-state index in [0.717, 1.165) is 25.8 Å². The highest BCUT2D eigenvalue weighted by atomic mass is 19.4. The third-order valence-corrected chi connectivity index (χ3v) is 9.35. The van der Waals surface area contributed by atoms with E-state index in [1.54, 1.807) is 30.3 Å². The van der Waals surface area contributed by atoms with Gasteiger partial charge in [-0.2, -0.15) is 17.6 Å². The van der Waals surface area contributed by atoms with Gasteiger partial charge in [0.1, 0.15) is 5.82 Å². The number of fused-ring (bicyclic) bond motifs is 1. The van der Waals surface area contributed by atoms with Crippen LogP contribution >= 0.6 is 0 Å². The van der Waals surface area contributed by atoms with Crippen LogP contribution in [-0.4, -0.2) is 71.2 Å². The van der Waals surface area contributed by atoms with E-state index in [4.69, 9.17) is 4.74 Å². The summed E-state index contributed by atoms with van der Waals surface area (Å²) in [6.07, 6.45) is -5.27. The quantitative estimate of drug-likeness (QED) is 0.329. The van der Waals surface area contributed by atoms with Crippen molar-refractivity contribution in [1.29, 1.82) is 0 Å². The Morgan fingerprint density at radius 1 is 1.11 bits per heavy atom. The second-order valence-corrected chi connectivity index (χ2v) is 12.7. The van der Waals surface area contributed by atoms with Crippen molar-refractivity contribution in [2.45, 2.75) is 50.7 Å². The first-order valence-corrected chi connectivity index (χ1v) is 14.8. The molecule has 0 radical (unpaired) electrons. The highest BCUT2D eigenvalue weighted by Crippen LogP contribution is 2.47. The number of rotatable bonds is 7. The minimum atomic E-state index is -4.65. The van der Waals surface area contributed by atoms with Crippen LogP contribution in [0, 0.1) is 11.9 Å². The average molecular weight is 618 g/mol. The molecule has 0 spiro atoms. The van der Waals surface area contributed by atoms with Crippen molar-refractivity contribution in [1.82, 2.24) is 19.4 Å². The van der Waals surface area contributed by atoms with E-state index in [1.807, 2.05) is 7.05 Å². The predicted octanol–water partition coefficient (Wildman–Crippen LogP) is 5.49. The fraction of sp³-hybridized carbons (Fsp3) is 0.500. The maximum Gasteiger partial charge on any atom is 0.416 e. The maximum atomic E-state index is 16.0. The molecule has 7 nitrogen and oxygen atoms in total. The van der Waals surface area contributed by atoms with Gasteiger partial charge < -0.3 is 19.1 Å². The molecule has 1 aromatic heterocycles. The van der Waals surface area contributed by atoms with Crippen LogP contribution in [0.2, 0.25) is 0 Å². The average Bonchev–Trinajstić information content (AvgIpc) is 3.45. The number of ether oxygens (including phenoxy) is 1. The van der Waals surface area contributed by atoms with Crippen LogP contribution in [0.4, 0.5) is 27.6 Å². The Labute approximate surface area is 253 Å². The topological polar surface area (TPSA) is 53.8 Å². The van der Waals surface area contributed by atoms with Crippen molar-refractivity contribution in [3.63, 3.8) is 0 Å². The number of likely N-dealkylation sites (N-methyl/N-ethyl adjacent to an activating group) is 1. The summed E-state index contributed by atoms with van der Waals surface area (Å²) in [4.78, 5) is 23.2. The summed E-state index contributed by atoms with van der Waals surface area (Å²) >= 11 is 0. The van der Waals surface area contributed by atoms with Crippen LogP contribution in [0.15, 0.2) is 42.6 Å². The van der Waals surface area contributed by atoms with Gasteiger partial charge in [-0.05, 0) is 53.9 Å². The molecule has 2 saturated heterocycles. The molecule has 2 aromatic carbocycles. The van der Waals surface area contributed by atoms with Crippen molar-refractivity contribution < 1.29 is 31.5 Å². The van der Waals surface area contributed by atoms with E-state index in [0.29, 0.717) is 29.3 Å². The van der Waals surface area contributed by atoms with Gasteiger partial charge >= 0.3 is 6.18 Å². The SMILES string of the molecule is CC(C)C1CN(C)CCN1Cc1cc2c(c(C(F)(F)F)c1)CN(c1cccc(C3(C(F)c4nc(F)cn4C)COC3)c1)C2=O. The summed E-state index contributed by atoms with van der Waals surface area (Å²) in [5.41, 5.74) is -0.737. The number of imidazole rings is 1. The summed E-state index contributed by atoms with van der Waals surface area (Å²) in [5.74, 6) is -1.13. The maximum absolute atomic E-state index is 16.0. The van der Waals surface area contributed by atoms with Gasteiger partial charge in [-0.3, -0.25) is 9.69 Å². The van der Waals surface area contributed by atoms with Crippen LogP contribution in [0.3, 0.4) is 0 Å². The number of carbonyl (C=O) groups excluding carboxylic acids is 1. The monoisotopic (exact) mass is 617 g/mol. The Bertz CT molecular complexity index is 1570. The molecule has 44 heavy (non-hydrogen) atoms. The molecule has 6 rings (SSSR count). The van der Waals surface area contributed by atoms with Gasteiger partial charge in [-0.1, -0.05) is 26.0 Å². The smallest absolute Gasteiger partial charge is 0.379 e. The second kappa shape index (κ2) is 11.2. The lowest BCUT2D eigenvalue weighted by Crippen LogP contribution is -2.53. The predicted molar refractivity (Wildman–Crippen MR) is 154 cm³/mol. The van der Waals surface area contributed by atoms with E-state index in [-0.39, 0.29) is 42.8 Å². The van der Waals surface area contributed by atoms with Crippen molar-refractivity contribution >= 4 is 11.6 Å². The van der Waals surface area contributed by atoms with Gasteiger partial charge in [0, 0.05) is 50.5 Å². The molecule has 1 amide bonds. The fourth-order valence-corrected chi connectivity index (χ4v) is 6.77. The van der Waals surface area contributed by atoms with E-state index in [2.05, 4.69) is 28.6 Å². The molecule has 0 N–H and O–H groups in total. The van der Waals surface area contributed by atoms with Crippen LogP contribution in [0.5, 0.6) is 0 Å². The highest BCUT2D eigenvalue weighted by Gasteiger charge is 2.51. The Morgan fingerprint density at radius 2 is 1.86 bits per heavy atom. The largest absolute Gasteiger partial charge is 0.416 e. The number of alkyl halides is 4. The Balaban J connectivity index is 1.32. The number of piperazine rings is 1. The number of carbonyl (C=O) groups is 1. The molecule has 0 aliphatic carbocycles. The van der Waals surface area contributed by atoms with Crippen molar-refractivity contribution in [2.75, 3.05) is 44.8 Å². The zero-order valence-electron chi connectivity index (χ0n) is 25.2. The number of benzene rings is 2. The highest BCUT2D eigenvalue weighted by molar-refractivity contribution is 6.10. The molecule has 4 heterocycles. The van der Waals surface area contributed by atoms with Gasteiger partial charge in [-0.15, -0.1) is 0 Å². The van der Waals surface area contributed by atoms with E-state index >= 15 is 4.39 Å². The first kappa shape index (κ1) is 30.7. The number of hydrogen-bond acceptors (Lipinski definition) is 5. The molecule has 3 aromatic rings. The zero-order chi connectivity index (χ0) is 31.6. The third kappa shape index (κ3) is 5.30. The molecular formula is C32H36F5N5O2. The normalized spacial score (nSPS) is 21.5. The first-order valence-electron chi connectivity index (χ1n) is 14.8. The molecule has 12 heteroatoms. The number of nitrogens with zero attached hydrogens (tertiary/aromatic N) is 5. The molecule has 2 unspecified atom stereocenters. The molecule has 2 atom stereocenters. The van der Waals surface area contributed by atoms with Gasteiger partial charge in [0.05, 0.1) is 36.9 Å². The number of amides is 1. The fourth-order valence-electron chi connectivity index (χ4n) is 6.77. The van der Waals surface area contributed by atoms with E-state index in [1.165, 1.54) is 22.6 Å². The molecule has 0 saturated carbocycles. The zero-order valence-corrected chi connectivity index (χ0v) is 25.2. The first-order chi connectivity index (χ1) is 20.8. The number of aryl methyl sites for hydroxylation is 1. The Kier molecular flexibility index (Phi) is 7.82. The van der Waals surface area contributed by atoms with Gasteiger partial charge in [0.2, 0.25) is 5.95 Å². The lowest BCUT2D eigenvalue weighted by atomic mass is 9.74. The molecule has 3 aliphatic heterocycles. The van der Waals surface area contributed by atoms with Gasteiger partial charge in [0.15, 0.2) is 6.17 Å². The number of hydrogen-bond donors (Lipinski definition) is 0. The minimum Gasteiger partial charge on any atom is -0.379 e. The van der Waals surface area contributed by atoms with Crippen molar-refractivity contribution in [3.8, 4) is 0 Å². The molecule has 3 aliphatic rings. The molecule has 0 bridgehead atoms. The van der Waals surface area contributed by atoms with Crippen LogP contribution < -0.4 is 4.90 Å². The number of halogens is 5. The van der Waals surface area contributed by atoms with Crippen LogP contribution in [0.25, 0.3) is 0 Å². The summed E-state index contributed by atoms with van der Waals surface area (Å²) in [7, 11) is 3.54. The van der Waals surface area contributed by atoms with Gasteiger partial charge in [0.25, 0.3) is 5.91 Å². The molecule has 236 valence electrons.